The number of hydrogen-bond acceptors (Lipinski definition) is 5. The van der Waals surface area contributed by atoms with Crippen molar-refractivity contribution in [3.8, 4) is 11.1 Å². The fraction of sp³-hybridized carbons (Fsp3) is 0.263. The van der Waals surface area contributed by atoms with Crippen molar-refractivity contribution < 1.29 is 9.72 Å². The summed E-state index contributed by atoms with van der Waals surface area (Å²) in [5, 5.41) is 25.4. The van der Waals surface area contributed by atoms with Gasteiger partial charge in [0.25, 0.3) is 5.69 Å². The summed E-state index contributed by atoms with van der Waals surface area (Å²) in [4.78, 5) is 23.2. The first-order valence-electron chi connectivity index (χ1n) is 8.97. The summed E-state index contributed by atoms with van der Waals surface area (Å²) in [5.74, 6) is 0.281. The van der Waals surface area contributed by atoms with E-state index >= 15 is 0 Å². The Kier molecular flexibility index (Phi) is 4.97. The van der Waals surface area contributed by atoms with Gasteiger partial charge >= 0.3 is 0 Å². The summed E-state index contributed by atoms with van der Waals surface area (Å²) in [6.45, 7) is 1.59. The van der Waals surface area contributed by atoms with Gasteiger partial charge in [-0.1, -0.05) is 17.7 Å². The molecule has 1 aliphatic heterocycles. The van der Waals surface area contributed by atoms with E-state index < -0.39 is 4.92 Å². The van der Waals surface area contributed by atoms with Crippen molar-refractivity contribution in [3.63, 3.8) is 0 Å². The molecule has 9 heteroatoms. The highest BCUT2D eigenvalue weighted by atomic mass is 35.5. The molecule has 0 radical (unpaired) electrons. The maximum atomic E-state index is 12.5. The number of nitro benzene ring substituents is 1. The number of nitro groups is 1. The molecule has 1 amide bonds. The van der Waals surface area contributed by atoms with Crippen LogP contribution in [0.3, 0.4) is 0 Å². The van der Waals surface area contributed by atoms with Crippen LogP contribution in [0.15, 0.2) is 36.4 Å². The van der Waals surface area contributed by atoms with Crippen molar-refractivity contribution in [3.05, 3.63) is 51.5 Å². The van der Waals surface area contributed by atoms with Crippen LogP contribution in [0.2, 0.25) is 5.02 Å². The van der Waals surface area contributed by atoms with Crippen molar-refractivity contribution in [1.29, 1.82) is 0 Å². The average molecular weight is 400 g/mol. The molecule has 0 saturated carbocycles. The summed E-state index contributed by atoms with van der Waals surface area (Å²) in [6.07, 6.45) is 1.81. The molecule has 1 saturated heterocycles. The lowest BCUT2D eigenvalue weighted by Crippen LogP contribution is -2.37. The lowest BCUT2D eigenvalue weighted by molar-refractivity contribution is -0.384. The first kappa shape index (κ1) is 18.4. The number of piperidine rings is 1. The molecule has 2 heterocycles. The summed E-state index contributed by atoms with van der Waals surface area (Å²) in [5.41, 5.74) is 1.97. The summed E-state index contributed by atoms with van der Waals surface area (Å²) >= 11 is 6.26. The zero-order valence-corrected chi connectivity index (χ0v) is 15.6. The maximum Gasteiger partial charge on any atom is 0.270 e. The van der Waals surface area contributed by atoms with Crippen LogP contribution < -0.4 is 10.6 Å². The number of carbonyl (C=O) groups is 1. The summed E-state index contributed by atoms with van der Waals surface area (Å²) in [7, 11) is 0. The number of fused-ring (bicyclic) bond motifs is 1. The average Bonchev–Trinajstić information content (AvgIpc) is 3.11. The molecule has 8 nitrogen and oxygen atoms in total. The lowest BCUT2D eigenvalue weighted by atomic mass is 9.99. The molecule has 1 aromatic heterocycles. The third-order valence-electron chi connectivity index (χ3n) is 4.94. The zero-order chi connectivity index (χ0) is 19.7. The van der Waals surface area contributed by atoms with Gasteiger partial charge in [0, 0.05) is 34.6 Å². The number of H-pyrrole nitrogens is 1. The van der Waals surface area contributed by atoms with Crippen LogP contribution in [0.5, 0.6) is 0 Å². The first-order chi connectivity index (χ1) is 13.5. The van der Waals surface area contributed by atoms with Gasteiger partial charge in [0.1, 0.15) is 0 Å². The number of hydrogen-bond donors (Lipinski definition) is 3. The number of benzene rings is 2. The van der Waals surface area contributed by atoms with Gasteiger partial charge in [-0.05, 0) is 43.1 Å². The molecule has 1 fully saturated rings. The minimum absolute atomic E-state index is 0.0370. The lowest BCUT2D eigenvalue weighted by Gasteiger charge is -2.21. The van der Waals surface area contributed by atoms with Gasteiger partial charge in [-0.25, -0.2) is 0 Å². The standard InChI is InChI=1S/C19H18ClN5O3/c20-16-5-4-13(25(27)28)9-14(16)11-3-6-17-15(8-11)18(24-23-17)22-19(26)12-2-1-7-21-10-12/h3-6,8-9,12,21H,1-2,7,10H2,(H2,22,23,24,26)/t12-/m1/s1. The van der Waals surface area contributed by atoms with Gasteiger partial charge in [-0.3, -0.25) is 20.0 Å². The number of aromatic amines is 1. The Labute approximate surface area is 165 Å². The first-order valence-corrected chi connectivity index (χ1v) is 9.35. The van der Waals surface area contributed by atoms with Crippen LogP contribution in [-0.4, -0.2) is 34.1 Å². The molecule has 4 rings (SSSR count). The summed E-state index contributed by atoms with van der Waals surface area (Å²) in [6, 6.07) is 9.75. The minimum atomic E-state index is -0.458. The van der Waals surface area contributed by atoms with Crippen molar-refractivity contribution in [2.45, 2.75) is 12.8 Å². The fourth-order valence-electron chi connectivity index (χ4n) is 3.42. The Morgan fingerprint density at radius 2 is 2.14 bits per heavy atom. The van der Waals surface area contributed by atoms with Gasteiger partial charge in [0.05, 0.1) is 16.4 Å². The van der Waals surface area contributed by atoms with Gasteiger partial charge < -0.3 is 10.6 Å². The highest BCUT2D eigenvalue weighted by molar-refractivity contribution is 6.33. The van der Waals surface area contributed by atoms with Crippen LogP contribution in [0, 0.1) is 16.0 Å². The van der Waals surface area contributed by atoms with Gasteiger partial charge in [-0.2, -0.15) is 5.10 Å². The highest BCUT2D eigenvalue weighted by Crippen LogP contribution is 2.34. The van der Waals surface area contributed by atoms with E-state index in [-0.39, 0.29) is 17.5 Å². The van der Waals surface area contributed by atoms with E-state index in [1.165, 1.54) is 18.2 Å². The predicted molar refractivity (Wildman–Crippen MR) is 107 cm³/mol. The molecule has 2 aromatic carbocycles. The number of aromatic nitrogens is 2. The van der Waals surface area contributed by atoms with E-state index in [0.717, 1.165) is 30.3 Å². The van der Waals surface area contributed by atoms with E-state index in [1.807, 2.05) is 18.2 Å². The summed E-state index contributed by atoms with van der Waals surface area (Å²) < 4.78 is 0. The number of rotatable bonds is 4. The van der Waals surface area contributed by atoms with Crippen LogP contribution in [0.25, 0.3) is 22.0 Å². The third-order valence-corrected chi connectivity index (χ3v) is 5.27. The van der Waals surface area contributed by atoms with Gasteiger partial charge in [0.15, 0.2) is 5.82 Å². The van der Waals surface area contributed by atoms with Crippen molar-refractivity contribution in [2.24, 2.45) is 5.92 Å². The normalized spacial score (nSPS) is 16.8. The van der Waals surface area contributed by atoms with Crippen LogP contribution in [-0.2, 0) is 4.79 Å². The van der Waals surface area contributed by atoms with E-state index in [0.29, 0.717) is 28.5 Å². The molecule has 1 atom stereocenters. The number of nitrogens with one attached hydrogen (secondary N) is 3. The number of non-ortho nitro benzene ring substituents is 1. The second-order valence-corrected chi connectivity index (χ2v) is 7.19. The molecule has 0 spiro atoms. The Bertz CT molecular complexity index is 1060. The third kappa shape index (κ3) is 3.56. The van der Waals surface area contributed by atoms with E-state index in [9.17, 15) is 14.9 Å². The smallest absolute Gasteiger partial charge is 0.270 e. The molecule has 0 unspecified atom stereocenters. The van der Waals surface area contributed by atoms with Gasteiger partial charge in [-0.15, -0.1) is 0 Å². The number of amides is 1. The Balaban J connectivity index is 1.68. The van der Waals surface area contributed by atoms with E-state index in [1.54, 1.807) is 0 Å². The van der Waals surface area contributed by atoms with Crippen LogP contribution >= 0.6 is 11.6 Å². The maximum absolute atomic E-state index is 12.5. The Hall–Kier alpha value is -2.97. The molecular weight excluding hydrogens is 382 g/mol. The second-order valence-electron chi connectivity index (χ2n) is 6.79. The monoisotopic (exact) mass is 399 g/mol. The number of carbonyl (C=O) groups excluding carboxylic acids is 1. The minimum Gasteiger partial charge on any atom is -0.316 e. The zero-order valence-electron chi connectivity index (χ0n) is 14.9. The molecule has 28 heavy (non-hydrogen) atoms. The Morgan fingerprint density at radius 3 is 2.89 bits per heavy atom. The van der Waals surface area contributed by atoms with Crippen LogP contribution in [0.4, 0.5) is 11.5 Å². The molecule has 144 valence electrons. The number of halogens is 1. The van der Waals surface area contributed by atoms with Crippen LogP contribution in [0.1, 0.15) is 12.8 Å². The largest absolute Gasteiger partial charge is 0.316 e. The molecule has 3 aromatic rings. The molecule has 0 aliphatic carbocycles. The molecule has 0 bridgehead atoms. The Morgan fingerprint density at radius 1 is 1.29 bits per heavy atom. The van der Waals surface area contributed by atoms with Crippen molar-refractivity contribution in [2.75, 3.05) is 18.4 Å². The number of anilines is 1. The van der Waals surface area contributed by atoms with E-state index in [2.05, 4.69) is 20.8 Å². The topological polar surface area (TPSA) is 113 Å². The quantitative estimate of drug-likeness (QED) is 0.457. The highest BCUT2D eigenvalue weighted by Gasteiger charge is 2.22. The molecular formula is C19H18ClN5O3. The molecule has 3 N–H and O–H groups in total. The molecule has 1 aliphatic rings. The SMILES string of the molecule is O=C(Nc1n[nH]c2ccc(-c3cc([N+](=O)[O-])ccc3Cl)cc12)[C@@H]1CCCNC1. The van der Waals surface area contributed by atoms with Crippen molar-refractivity contribution >= 4 is 39.9 Å². The number of nitrogens with zero attached hydrogens (tertiary/aromatic N) is 2. The van der Waals surface area contributed by atoms with E-state index in [4.69, 9.17) is 11.6 Å². The predicted octanol–water partition coefficient (Wildman–Crippen LogP) is 3.73. The fourth-order valence-corrected chi connectivity index (χ4v) is 3.65. The van der Waals surface area contributed by atoms with Crippen molar-refractivity contribution in [1.82, 2.24) is 15.5 Å². The van der Waals surface area contributed by atoms with Gasteiger partial charge in [0.2, 0.25) is 5.91 Å². The second kappa shape index (κ2) is 7.57.